The van der Waals surface area contributed by atoms with Crippen LogP contribution in [0.15, 0.2) is 12.2 Å². The van der Waals surface area contributed by atoms with E-state index >= 15 is 0 Å². The minimum Gasteiger partial charge on any atom is -0.152 e. The van der Waals surface area contributed by atoms with Crippen LogP contribution in [0.1, 0.15) is 38.5 Å². The SMILES string of the molecule is ClC1CC/C=C/CCC(Cl)C2CCC1S2. The van der Waals surface area contributed by atoms with Gasteiger partial charge in [0.2, 0.25) is 0 Å². The van der Waals surface area contributed by atoms with Crippen molar-refractivity contribution in [1.82, 2.24) is 0 Å². The monoisotopic (exact) mass is 264 g/mol. The lowest BCUT2D eigenvalue weighted by Crippen LogP contribution is -2.16. The lowest BCUT2D eigenvalue weighted by atomic mass is 10.0. The number of hydrogen-bond acceptors (Lipinski definition) is 1. The topological polar surface area (TPSA) is 0 Å². The average Bonchev–Trinajstić information content (AvgIpc) is 2.69. The second-order valence-corrected chi connectivity index (χ2v) is 7.05. The van der Waals surface area contributed by atoms with Crippen molar-refractivity contribution in [3.8, 4) is 0 Å². The Labute approximate surface area is 107 Å². The van der Waals surface area contributed by atoms with E-state index in [1.165, 1.54) is 12.8 Å². The Morgan fingerprint density at radius 1 is 0.800 bits per heavy atom. The molecule has 0 nitrogen and oxygen atoms in total. The molecule has 2 rings (SSSR count). The van der Waals surface area contributed by atoms with Crippen LogP contribution in [0.5, 0.6) is 0 Å². The van der Waals surface area contributed by atoms with Gasteiger partial charge in [0.05, 0.1) is 0 Å². The molecule has 86 valence electrons. The van der Waals surface area contributed by atoms with Crippen LogP contribution in [0, 0.1) is 0 Å². The summed E-state index contributed by atoms with van der Waals surface area (Å²) in [6.07, 6.45) is 11.6. The standard InChI is InChI=1S/C12H18Cl2S/c13-9-5-3-1-2-4-6-10(14)12-8-7-11(9)15-12/h1-2,9-12H,3-8H2/b2-1+. The third-order valence-electron chi connectivity index (χ3n) is 3.28. The maximum Gasteiger partial charge on any atom is 0.0457 e. The molecular weight excluding hydrogens is 247 g/mol. The molecule has 4 atom stereocenters. The quantitative estimate of drug-likeness (QED) is 0.456. The third kappa shape index (κ3) is 3.31. The van der Waals surface area contributed by atoms with Crippen LogP contribution < -0.4 is 0 Å². The van der Waals surface area contributed by atoms with Crippen LogP contribution in [-0.2, 0) is 0 Å². The van der Waals surface area contributed by atoms with Gasteiger partial charge in [0.25, 0.3) is 0 Å². The van der Waals surface area contributed by atoms with Crippen molar-refractivity contribution in [2.24, 2.45) is 0 Å². The van der Waals surface area contributed by atoms with Gasteiger partial charge < -0.3 is 0 Å². The largest absolute Gasteiger partial charge is 0.152 e. The number of thioether (sulfide) groups is 1. The molecule has 0 spiro atoms. The molecule has 2 aliphatic heterocycles. The molecule has 15 heavy (non-hydrogen) atoms. The van der Waals surface area contributed by atoms with Gasteiger partial charge in [-0.3, -0.25) is 0 Å². The molecule has 1 fully saturated rings. The van der Waals surface area contributed by atoms with E-state index in [1.807, 2.05) is 11.8 Å². The summed E-state index contributed by atoms with van der Waals surface area (Å²) in [6.45, 7) is 0. The van der Waals surface area contributed by atoms with Gasteiger partial charge in [-0.25, -0.2) is 0 Å². The van der Waals surface area contributed by atoms with E-state index in [9.17, 15) is 0 Å². The van der Waals surface area contributed by atoms with Gasteiger partial charge in [0, 0.05) is 21.3 Å². The van der Waals surface area contributed by atoms with Crippen molar-refractivity contribution in [3.05, 3.63) is 12.2 Å². The Hall–Kier alpha value is 0.670. The summed E-state index contributed by atoms with van der Waals surface area (Å²) in [5.74, 6) is 0. The Morgan fingerprint density at radius 3 is 1.73 bits per heavy atom. The average molecular weight is 265 g/mol. The molecule has 2 aliphatic rings. The van der Waals surface area contributed by atoms with E-state index in [0.29, 0.717) is 21.3 Å². The minimum absolute atomic E-state index is 0.339. The van der Waals surface area contributed by atoms with Crippen LogP contribution >= 0.6 is 35.0 Å². The summed E-state index contributed by atoms with van der Waals surface area (Å²) in [5, 5.41) is 1.96. The zero-order valence-electron chi connectivity index (χ0n) is 8.87. The number of allylic oxidation sites excluding steroid dienone is 2. The third-order valence-corrected chi connectivity index (χ3v) is 6.45. The fourth-order valence-electron chi connectivity index (χ4n) is 2.34. The van der Waals surface area contributed by atoms with E-state index in [1.54, 1.807) is 0 Å². The minimum atomic E-state index is 0.339. The van der Waals surface area contributed by atoms with Gasteiger partial charge in [-0.05, 0) is 38.5 Å². The zero-order chi connectivity index (χ0) is 10.7. The first kappa shape index (κ1) is 12.1. The molecule has 2 heterocycles. The summed E-state index contributed by atoms with van der Waals surface area (Å²) in [7, 11) is 0. The molecule has 0 aliphatic carbocycles. The number of halogens is 2. The summed E-state index contributed by atoms with van der Waals surface area (Å²) in [5.41, 5.74) is 0. The zero-order valence-corrected chi connectivity index (χ0v) is 11.2. The smallest absolute Gasteiger partial charge is 0.0457 e. The molecule has 0 radical (unpaired) electrons. The van der Waals surface area contributed by atoms with Gasteiger partial charge in [-0.15, -0.1) is 23.2 Å². The summed E-state index contributed by atoms with van der Waals surface area (Å²) in [6, 6.07) is 0. The molecule has 0 aromatic carbocycles. The van der Waals surface area contributed by atoms with Gasteiger partial charge in [0.15, 0.2) is 0 Å². The molecule has 0 saturated carbocycles. The number of hydrogen-bond donors (Lipinski definition) is 0. The second-order valence-electron chi connectivity index (χ2n) is 4.45. The van der Waals surface area contributed by atoms with Crippen LogP contribution in [0.2, 0.25) is 0 Å². The Morgan fingerprint density at radius 2 is 1.27 bits per heavy atom. The second kappa shape index (κ2) is 5.84. The molecule has 0 N–H and O–H groups in total. The van der Waals surface area contributed by atoms with Crippen molar-refractivity contribution >= 4 is 35.0 Å². The van der Waals surface area contributed by atoms with Crippen LogP contribution in [-0.4, -0.2) is 21.3 Å². The van der Waals surface area contributed by atoms with Gasteiger partial charge in [-0.1, -0.05) is 12.2 Å². The predicted molar refractivity (Wildman–Crippen MR) is 71.3 cm³/mol. The lowest BCUT2D eigenvalue weighted by molar-refractivity contribution is 0.632. The number of fused-ring (bicyclic) bond motifs is 2. The molecule has 3 heteroatoms. The maximum atomic E-state index is 6.42. The highest BCUT2D eigenvalue weighted by molar-refractivity contribution is 8.01. The van der Waals surface area contributed by atoms with E-state index < -0.39 is 0 Å². The summed E-state index contributed by atoms with van der Waals surface area (Å²) >= 11 is 14.9. The normalized spacial score (nSPS) is 44.7. The molecule has 0 aromatic heterocycles. The van der Waals surface area contributed by atoms with Crippen LogP contribution in [0.4, 0.5) is 0 Å². The first-order chi connectivity index (χ1) is 7.27. The maximum absolute atomic E-state index is 6.42. The van der Waals surface area contributed by atoms with Crippen molar-refractivity contribution in [1.29, 1.82) is 0 Å². The van der Waals surface area contributed by atoms with Crippen molar-refractivity contribution in [2.45, 2.75) is 59.8 Å². The fourth-order valence-corrected chi connectivity index (χ4v) is 4.81. The van der Waals surface area contributed by atoms with Crippen LogP contribution in [0.25, 0.3) is 0 Å². The highest BCUT2D eigenvalue weighted by Gasteiger charge is 2.33. The highest BCUT2D eigenvalue weighted by Crippen LogP contribution is 2.42. The molecule has 0 amide bonds. The predicted octanol–water partition coefficient (Wildman–Crippen LogP) is 4.60. The van der Waals surface area contributed by atoms with Crippen molar-refractivity contribution in [3.63, 3.8) is 0 Å². The van der Waals surface area contributed by atoms with E-state index in [0.717, 1.165) is 25.7 Å². The van der Waals surface area contributed by atoms with Crippen molar-refractivity contribution in [2.75, 3.05) is 0 Å². The summed E-state index contributed by atoms with van der Waals surface area (Å²) in [4.78, 5) is 0. The number of rotatable bonds is 0. The lowest BCUT2D eigenvalue weighted by Gasteiger charge is -2.18. The van der Waals surface area contributed by atoms with E-state index in [-0.39, 0.29) is 0 Å². The Kier molecular flexibility index (Phi) is 4.72. The van der Waals surface area contributed by atoms with Crippen molar-refractivity contribution < 1.29 is 0 Å². The van der Waals surface area contributed by atoms with Gasteiger partial charge >= 0.3 is 0 Å². The first-order valence-corrected chi connectivity index (χ1v) is 7.67. The molecule has 0 aromatic rings. The molecule has 1 saturated heterocycles. The Balaban J connectivity index is 1.99. The van der Waals surface area contributed by atoms with E-state index in [4.69, 9.17) is 23.2 Å². The Bertz CT molecular complexity index is 208. The van der Waals surface area contributed by atoms with Gasteiger partial charge in [-0.2, -0.15) is 11.8 Å². The summed E-state index contributed by atoms with van der Waals surface area (Å²) < 4.78 is 0. The van der Waals surface area contributed by atoms with Crippen LogP contribution in [0.3, 0.4) is 0 Å². The van der Waals surface area contributed by atoms with Gasteiger partial charge in [0.1, 0.15) is 0 Å². The highest BCUT2D eigenvalue weighted by atomic mass is 35.5. The number of alkyl halides is 2. The molecule has 2 bridgehead atoms. The fraction of sp³-hybridized carbons (Fsp3) is 0.833. The first-order valence-electron chi connectivity index (χ1n) is 5.86. The van der Waals surface area contributed by atoms with E-state index in [2.05, 4.69) is 12.2 Å². The molecular formula is C12H18Cl2S. The molecule has 4 unspecified atom stereocenters.